The fourth-order valence-corrected chi connectivity index (χ4v) is 6.53. The number of Topliss-reactive ketones (excluding diaryl/α,β-unsaturated/α-hetero) is 1. The predicted octanol–water partition coefficient (Wildman–Crippen LogP) is 6.01. The number of rotatable bonds is 11. The standard InChI is InChI=1S/C36H39FN4O5/c1-22-16-26(29(37)18-28(22)35(42)24-6-7-24)21-46-34-5-3-4-30(39-34)23-10-13-40(14-11-23)20-33-38-31-9-8-25(36(43)44-2)17-32(31)41(33)19-27-12-15-45-27/h3-5,8-9,16-18,23-24,27H,6-7,10-15,19-21H2,1-2H3/t27-/m0/s1. The number of fused-ring (bicyclic) bond motifs is 1. The van der Waals surface area contributed by atoms with Crippen molar-refractivity contribution in [1.29, 1.82) is 0 Å². The molecule has 2 aromatic heterocycles. The number of piperidine rings is 1. The average molecular weight is 627 g/mol. The molecule has 1 saturated carbocycles. The van der Waals surface area contributed by atoms with Crippen molar-refractivity contribution < 1.29 is 28.2 Å². The monoisotopic (exact) mass is 626 g/mol. The van der Waals surface area contributed by atoms with Crippen LogP contribution in [0.3, 0.4) is 0 Å². The Hall–Kier alpha value is -4.15. The van der Waals surface area contributed by atoms with Crippen molar-refractivity contribution in [2.24, 2.45) is 5.92 Å². The van der Waals surface area contributed by atoms with Crippen molar-refractivity contribution in [2.45, 2.75) is 70.7 Å². The van der Waals surface area contributed by atoms with Gasteiger partial charge in [-0.05, 0) is 94.1 Å². The molecule has 2 aliphatic heterocycles. The minimum Gasteiger partial charge on any atom is -0.473 e. The van der Waals surface area contributed by atoms with Gasteiger partial charge in [0.25, 0.3) is 0 Å². The summed E-state index contributed by atoms with van der Waals surface area (Å²) in [6.07, 6.45) is 4.84. The molecule has 0 spiro atoms. The molecule has 9 nitrogen and oxygen atoms in total. The van der Waals surface area contributed by atoms with E-state index in [4.69, 9.17) is 24.2 Å². The quantitative estimate of drug-likeness (QED) is 0.148. The van der Waals surface area contributed by atoms with Crippen LogP contribution in [-0.2, 0) is 29.2 Å². The van der Waals surface area contributed by atoms with E-state index in [0.717, 1.165) is 79.9 Å². The number of ether oxygens (including phenoxy) is 3. The van der Waals surface area contributed by atoms with Gasteiger partial charge in [-0.2, -0.15) is 0 Å². The van der Waals surface area contributed by atoms with Crippen LogP contribution in [0.5, 0.6) is 5.88 Å². The summed E-state index contributed by atoms with van der Waals surface area (Å²) in [5.41, 5.74) is 4.94. The summed E-state index contributed by atoms with van der Waals surface area (Å²) in [4.78, 5) is 36.8. The molecule has 0 bridgehead atoms. The van der Waals surface area contributed by atoms with Gasteiger partial charge in [0.2, 0.25) is 5.88 Å². The lowest BCUT2D eigenvalue weighted by atomic mass is 9.93. The summed E-state index contributed by atoms with van der Waals surface area (Å²) in [7, 11) is 1.39. The Bertz CT molecular complexity index is 1770. The number of nitrogens with zero attached hydrogens (tertiary/aromatic N) is 4. The smallest absolute Gasteiger partial charge is 0.337 e. The molecule has 46 heavy (non-hydrogen) atoms. The van der Waals surface area contributed by atoms with Gasteiger partial charge < -0.3 is 18.8 Å². The number of ketones is 1. The zero-order chi connectivity index (χ0) is 31.8. The van der Waals surface area contributed by atoms with Crippen LogP contribution in [0, 0.1) is 18.7 Å². The topological polar surface area (TPSA) is 95.8 Å². The fourth-order valence-electron chi connectivity index (χ4n) is 6.53. The Labute approximate surface area is 267 Å². The van der Waals surface area contributed by atoms with E-state index in [9.17, 15) is 14.0 Å². The van der Waals surface area contributed by atoms with E-state index < -0.39 is 5.82 Å². The summed E-state index contributed by atoms with van der Waals surface area (Å²) in [5, 5.41) is 0. The fraction of sp³-hybridized carbons (Fsp3) is 0.444. The molecular formula is C36H39FN4O5. The number of benzene rings is 2. The van der Waals surface area contributed by atoms with Gasteiger partial charge in [0.05, 0.1) is 42.9 Å². The van der Waals surface area contributed by atoms with Gasteiger partial charge in [0, 0.05) is 41.3 Å². The number of likely N-dealkylation sites (tertiary alicyclic amines) is 1. The molecule has 240 valence electrons. The van der Waals surface area contributed by atoms with E-state index in [2.05, 4.69) is 9.47 Å². The number of halogens is 1. The normalized spacial score (nSPS) is 18.8. The first kappa shape index (κ1) is 30.5. The molecule has 3 fully saturated rings. The molecule has 0 amide bonds. The molecule has 7 rings (SSSR count). The zero-order valence-corrected chi connectivity index (χ0v) is 26.3. The van der Waals surface area contributed by atoms with E-state index in [1.54, 1.807) is 18.2 Å². The SMILES string of the molecule is COC(=O)c1ccc2nc(CN3CCC(c4cccc(OCc5cc(C)c(C(=O)C6CC6)cc5F)n4)CC3)n(C[C@@H]3CCO3)c2c1. The minimum atomic E-state index is -0.421. The Kier molecular flexibility index (Phi) is 8.57. The van der Waals surface area contributed by atoms with Crippen molar-refractivity contribution in [2.75, 3.05) is 26.8 Å². The first-order valence-corrected chi connectivity index (χ1v) is 16.2. The van der Waals surface area contributed by atoms with Crippen molar-refractivity contribution in [3.63, 3.8) is 0 Å². The third kappa shape index (κ3) is 6.41. The second kappa shape index (κ2) is 12.9. The molecular weight excluding hydrogens is 587 g/mol. The van der Waals surface area contributed by atoms with Gasteiger partial charge in [-0.25, -0.2) is 19.2 Å². The highest BCUT2D eigenvalue weighted by atomic mass is 19.1. The highest BCUT2D eigenvalue weighted by Crippen LogP contribution is 2.34. The maximum absolute atomic E-state index is 14.9. The number of esters is 1. The molecule has 1 aliphatic carbocycles. The number of carbonyl (C=O) groups excluding carboxylic acids is 2. The Balaban J connectivity index is 0.989. The van der Waals surface area contributed by atoms with Gasteiger partial charge in [0.15, 0.2) is 5.78 Å². The van der Waals surface area contributed by atoms with Crippen LogP contribution in [-0.4, -0.2) is 64.1 Å². The van der Waals surface area contributed by atoms with Gasteiger partial charge >= 0.3 is 5.97 Å². The molecule has 4 aromatic rings. The Morgan fingerprint density at radius 2 is 1.83 bits per heavy atom. The summed E-state index contributed by atoms with van der Waals surface area (Å²) >= 11 is 0. The number of pyridine rings is 1. The summed E-state index contributed by atoms with van der Waals surface area (Å²) < 4.78 is 33.7. The van der Waals surface area contributed by atoms with Crippen LogP contribution >= 0.6 is 0 Å². The molecule has 4 heterocycles. The van der Waals surface area contributed by atoms with Gasteiger partial charge in [0.1, 0.15) is 18.2 Å². The van der Waals surface area contributed by atoms with Crippen LogP contribution in [0.15, 0.2) is 48.5 Å². The largest absolute Gasteiger partial charge is 0.473 e. The number of aryl methyl sites for hydroxylation is 1. The lowest BCUT2D eigenvalue weighted by molar-refractivity contribution is -0.0592. The molecule has 10 heteroatoms. The van der Waals surface area contributed by atoms with Gasteiger partial charge in [-0.15, -0.1) is 0 Å². The van der Waals surface area contributed by atoms with E-state index >= 15 is 0 Å². The maximum Gasteiger partial charge on any atom is 0.337 e. The number of imidazole rings is 1. The van der Waals surface area contributed by atoms with Crippen LogP contribution in [0.4, 0.5) is 4.39 Å². The zero-order valence-electron chi connectivity index (χ0n) is 26.3. The van der Waals surface area contributed by atoms with Crippen molar-refractivity contribution >= 4 is 22.8 Å². The van der Waals surface area contributed by atoms with Gasteiger partial charge in [-0.3, -0.25) is 9.69 Å². The first-order chi connectivity index (χ1) is 22.4. The highest BCUT2D eigenvalue weighted by molar-refractivity contribution is 6.00. The molecule has 0 radical (unpaired) electrons. The van der Waals surface area contributed by atoms with Crippen molar-refractivity contribution in [3.05, 3.63) is 88.1 Å². The number of hydrogen-bond acceptors (Lipinski definition) is 8. The molecule has 0 unspecified atom stereocenters. The number of hydrogen-bond donors (Lipinski definition) is 0. The average Bonchev–Trinajstić information content (AvgIpc) is 3.85. The molecule has 2 aromatic carbocycles. The third-order valence-corrected chi connectivity index (χ3v) is 9.53. The summed E-state index contributed by atoms with van der Waals surface area (Å²) in [6, 6.07) is 14.4. The third-order valence-electron chi connectivity index (χ3n) is 9.53. The van der Waals surface area contributed by atoms with Crippen LogP contribution in [0.25, 0.3) is 11.0 Å². The van der Waals surface area contributed by atoms with E-state index in [0.29, 0.717) is 35.7 Å². The van der Waals surface area contributed by atoms with E-state index in [1.165, 1.54) is 13.2 Å². The van der Waals surface area contributed by atoms with Gasteiger partial charge in [-0.1, -0.05) is 6.07 Å². The Morgan fingerprint density at radius 1 is 1.02 bits per heavy atom. The predicted molar refractivity (Wildman–Crippen MR) is 169 cm³/mol. The molecule has 3 aliphatic rings. The number of methoxy groups -OCH3 is 1. The minimum absolute atomic E-state index is 0.0421. The maximum atomic E-state index is 14.9. The lowest BCUT2D eigenvalue weighted by Crippen LogP contribution is -2.35. The Morgan fingerprint density at radius 3 is 2.54 bits per heavy atom. The van der Waals surface area contributed by atoms with E-state index in [-0.39, 0.29) is 36.3 Å². The van der Waals surface area contributed by atoms with Crippen molar-refractivity contribution in [3.8, 4) is 5.88 Å². The van der Waals surface area contributed by atoms with E-state index in [1.807, 2.05) is 31.2 Å². The second-order valence-corrected chi connectivity index (χ2v) is 12.8. The van der Waals surface area contributed by atoms with Crippen molar-refractivity contribution in [1.82, 2.24) is 19.4 Å². The molecule has 0 N–H and O–H groups in total. The van der Waals surface area contributed by atoms with Crippen LogP contribution in [0.1, 0.15) is 81.4 Å². The molecule has 1 atom stereocenters. The number of aromatic nitrogens is 3. The number of carbonyl (C=O) groups is 2. The first-order valence-electron chi connectivity index (χ1n) is 16.2. The molecule has 2 saturated heterocycles. The summed E-state index contributed by atoms with van der Waals surface area (Å²) in [6.45, 7) is 5.87. The van der Waals surface area contributed by atoms with Crippen LogP contribution < -0.4 is 4.74 Å². The summed E-state index contributed by atoms with van der Waals surface area (Å²) in [5.74, 6) is 1.03. The lowest BCUT2D eigenvalue weighted by Gasteiger charge is -2.32. The van der Waals surface area contributed by atoms with Crippen LogP contribution in [0.2, 0.25) is 0 Å². The highest BCUT2D eigenvalue weighted by Gasteiger charge is 2.32. The second-order valence-electron chi connectivity index (χ2n) is 12.8.